The van der Waals surface area contributed by atoms with E-state index in [0.717, 1.165) is 29.6 Å². The van der Waals surface area contributed by atoms with Gasteiger partial charge in [-0.3, -0.25) is 4.68 Å². The van der Waals surface area contributed by atoms with Crippen LogP contribution in [0.5, 0.6) is 0 Å². The highest BCUT2D eigenvalue weighted by atomic mass is 15.3. The van der Waals surface area contributed by atoms with Gasteiger partial charge in [0, 0.05) is 31.3 Å². The molecule has 0 atom stereocenters. The summed E-state index contributed by atoms with van der Waals surface area (Å²) in [7, 11) is 1.87. The van der Waals surface area contributed by atoms with Crippen LogP contribution in [0.4, 0.5) is 5.82 Å². The lowest BCUT2D eigenvalue weighted by Gasteiger charge is -2.19. The molecule has 0 bridgehead atoms. The minimum atomic E-state index is -0.0135. The highest BCUT2D eigenvalue weighted by Gasteiger charge is 2.19. The Morgan fingerprint density at radius 3 is 2.58 bits per heavy atom. The molecule has 19 heavy (non-hydrogen) atoms. The van der Waals surface area contributed by atoms with Crippen molar-refractivity contribution in [3.8, 4) is 11.5 Å². The van der Waals surface area contributed by atoms with Crippen molar-refractivity contribution in [3.63, 3.8) is 0 Å². The van der Waals surface area contributed by atoms with Crippen LogP contribution in [0, 0.1) is 0 Å². The van der Waals surface area contributed by atoms with Gasteiger partial charge in [-0.15, -0.1) is 0 Å². The quantitative estimate of drug-likeness (QED) is 0.920. The Bertz CT molecular complexity index is 565. The molecule has 0 radical (unpaired) electrons. The van der Waals surface area contributed by atoms with Crippen molar-refractivity contribution < 1.29 is 0 Å². The summed E-state index contributed by atoms with van der Waals surface area (Å²) in [6.07, 6.45) is 1.78. The van der Waals surface area contributed by atoms with Crippen molar-refractivity contribution in [2.45, 2.75) is 39.7 Å². The lowest BCUT2D eigenvalue weighted by molar-refractivity contribution is 0.567. The summed E-state index contributed by atoms with van der Waals surface area (Å²) in [6, 6.07) is 3.95. The number of aromatic nitrogens is 4. The van der Waals surface area contributed by atoms with Gasteiger partial charge in [-0.2, -0.15) is 5.10 Å². The lowest BCUT2D eigenvalue weighted by Crippen LogP contribution is -2.16. The first-order chi connectivity index (χ1) is 8.95. The highest BCUT2D eigenvalue weighted by molar-refractivity contribution is 5.53. The van der Waals surface area contributed by atoms with Gasteiger partial charge in [-0.25, -0.2) is 9.97 Å². The summed E-state index contributed by atoms with van der Waals surface area (Å²) in [5.74, 6) is 1.55. The Kier molecular flexibility index (Phi) is 3.55. The maximum atomic E-state index is 4.69. The second-order valence-corrected chi connectivity index (χ2v) is 5.49. The molecule has 1 N–H and O–H groups in total. The van der Waals surface area contributed by atoms with Crippen LogP contribution in [0.2, 0.25) is 0 Å². The van der Waals surface area contributed by atoms with Gasteiger partial charge < -0.3 is 5.32 Å². The molecule has 0 aromatic carbocycles. The van der Waals surface area contributed by atoms with E-state index in [1.54, 1.807) is 6.20 Å². The minimum absolute atomic E-state index is 0.0135. The van der Waals surface area contributed by atoms with Crippen molar-refractivity contribution in [3.05, 3.63) is 24.0 Å². The third-order valence-electron chi connectivity index (χ3n) is 3.00. The van der Waals surface area contributed by atoms with E-state index in [9.17, 15) is 0 Å². The molecule has 0 saturated heterocycles. The van der Waals surface area contributed by atoms with Crippen LogP contribution in [0.3, 0.4) is 0 Å². The fourth-order valence-corrected chi connectivity index (χ4v) is 1.85. The maximum Gasteiger partial charge on any atom is 0.180 e. The fraction of sp³-hybridized carbons (Fsp3) is 0.500. The highest BCUT2D eigenvalue weighted by Crippen LogP contribution is 2.25. The molecule has 0 fully saturated rings. The Hall–Kier alpha value is -1.91. The summed E-state index contributed by atoms with van der Waals surface area (Å²) in [6.45, 7) is 9.31. The molecule has 0 spiro atoms. The van der Waals surface area contributed by atoms with Gasteiger partial charge in [-0.05, 0) is 13.0 Å². The third-order valence-corrected chi connectivity index (χ3v) is 3.00. The van der Waals surface area contributed by atoms with Gasteiger partial charge in [0.05, 0.1) is 5.69 Å². The molecular weight excluding hydrogens is 238 g/mol. The van der Waals surface area contributed by atoms with E-state index in [-0.39, 0.29) is 5.41 Å². The molecule has 0 amide bonds. The van der Waals surface area contributed by atoms with Gasteiger partial charge in [-0.1, -0.05) is 20.8 Å². The van der Waals surface area contributed by atoms with Crippen LogP contribution in [0.15, 0.2) is 18.3 Å². The van der Waals surface area contributed by atoms with Crippen molar-refractivity contribution in [2.75, 3.05) is 12.4 Å². The zero-order valence-electron chi connectivity index (χ0n) is 12.2. The zero-order chi connectivity index (χ0) is 14.0. The first-order valence-corrected chi connectivity index (χ1v) is 6.55. The summed E-state index contributed by atoms with van der Waals surface area (Å²) >= 11 is 0. The molecule has 2 rings (SSSR count). The second-order valence-electron chi connectivity index (χ2n) is 5.49. The van der Waals surface area contributed by atoms with Gasteiger partial charge in [0.15, 0.2) is 5.82 Å². The molecular formula is C14H21N5. The molecule has 0 aliphatic heterocycles. The molecule has 0 aliphatic carbocycles. The van der Waals surface area contributed by atoms with E-state index in [2.05, 4.69) is 43.1 Å². The number of hydrogen-bond acceptors (Lipinski definition) is 4. The maximum absolute atomic E-state index is 4.69. The van der Waals surface area contributed by atoms with E-state index in [0.29, 0.717) is 0 Å². The van der Waals surface area contributed by atoms with Gasteiger partial charge >= 0.3 is 0 Å². The lowest BCUT2D eigenvalue weighted by atomic mass is 9.92. The van der Waals surface area contributed by atoms with Crippen molar-refractivity contribution in [2.24, 2.45) is 0 Å². The minimum Gasteiger partial charge on any atom is -0.373 e. The third kappa shape index (κ3) is 2.75. The van der Waals surface area contributed by atoms with Crippen LogP contribution in [-0.4, -0.2) is 26.8 Å². The van der Waals surface area contributed by atoms with E-state index in [1.807, 2.05) is 23.9 Å². The van der Waals surface area contributed by atoms with E-state index in [4.69, 9.17) is 4.98 Å². The average Bonchev–Trinajstić information content (AvgIpc) is 2.85. The number of anilines is 1. The standard InChI is InChI=1S/C14H21N5/c1-6-19-10(7-8-16-19)13-17-11(14(2,3)4)9-12(15-5)18-13/h7-9H,6H2,1-5H3,(H,15,17,18). The summed E-state index contributed by atoms with van der Waals surface area (Å²) in [5.41, 5.74) is 1.95. The SMILES string of the molecule is CCn1nccc1-c1nc(NC)cc(C(C)(C)C)n1. The fourth-order valence-electron chi connectivity index (χ4n) is 1.85. The molecule has 0 unspecified atom stereocenters. The summed E-state index contributed by atoms with van der Waals surface area (Å²) in [4.78, 5) is 9.23. The summed E-state index contributed by atoms with van der Waals surface area (Å²) in [5, 5.41) is 7.37. The molecule has 0 aliphatic rings. The molecule has 0 saturated carbocycles. The first-order valence-electron chi connectivity index (χ1n) is 6.55. The zero-order valence-corrected chi connectivity index (χ0v) is 12.2. The van der Waals surface area contributed by atoms with Crippen molar-refractivity contribution in [1.82, 2.24) is 19.7 Å². The van der Waals surface area contributed by atoms with E-state index in [1.165, 1.54) is 0 Å². The number of rotatable bonds is 3. The van der Waals surface area contributed by atoms with Crippen LogP contribution in [0.1, 0.15) is 33.4 Å². The van der Waals surface area contributed by atoms with Crippen LogP contribution in [-0.2, 0) is 12.0 Å². The van der Waals surface area contributed by atoms with E-state index < -0.39 is 0 Å². The van der Waals surface area contributed by atoms with Crippen molar-refractivity contribution >= 4 is 5.82 Å². The molecule has 2 aromatic heterocycles. The van der Waals surface area contributed by atoms with Crippen molar-refractivity contribution in [1.29, 1.82) is 0 Å². The Morgan fingerprint density at radius 1 is 1.26 bits per heavy atom. The molecule has 2 heterocycles. The molecule has 2 aromatic rings. The van der Waals surface area contributed by atoms with E-state index >= 15 is 0 Å². The van der Waals surface area contributed by atoms with Gasteiger partial charge in [0.2, 0.25) is 0 Å². The molecule has 102 valence electrons. The smallest absolute Gasteiger partial charge is 0.180 e. The predicted octanol–water partition coefficient (Wildman–Crippen LogP) is 2.70. The molecule has 5 nitrogen and oxygen atoms in total. The summed E-state index contributed by atoms with van der Waals surface area (Å²) < 4.78 is 1.90. The monoisotopic (exact) mass is 259 g/mol. The van der Waals surface area contributed by atoms with Gasteiger partial charge in [0.25, 0.3) is 0 Å². The topological polar surface area (TPSA) is 55.6 Å². The Morgan fingerprint density at radius 2 is 2.00 bits per heavy atom. The van der Waals surface area contributed by atoms with Crippen LogP contribution >= 0.6 is 0 Å². The predicted molar refractivity (Wildman–Crippen MR) is 77.2 cm³/mol. The van der Waals surface area contributed by atoms with Crippen LogP contribution < -0.4 is 5.32 Å². The van der Waals surface area contributed by atoms with Crippen LogP contribution in [0.25, 0.3) is 11.5 Å². The van der Waals surface area contributed by atoms with Gasteiger partial charge in [0.1, 0.15) is 11.5 Å². The number of nitrogens with zero attached hydrogens (tertiary/aromatic N) is 4. The second kappa shape index (κ2) is 4.99. The number of nitrogens with one attached hydrogen (secondary N) is 1. The number of aryl methyl sites for hydroxylation is 1. The normalized spacial score (nSPS) is 11.6. The largest absolute Gasteiger partial charge is 0.373 e. The number of hydrogen-bond donors (Lipinski definition) is 1. The molecule has 5 heteroatoms. The Balaban J connectivity index is 2.57. The first kappa shape index (κ1) is 13.5. The Labute approximate surface area is 114 Å². The average molecular weight is 259 g/mol.